The molecule has 0 fully saturated rings. The van der Waals surface area contributed by atoms with Gasteiger partial charge in [0.15, 0.2) is 0 Å². The Labute approximate surface area is 133 Å². The minimum Gasteiger partial charge on any atom is -0.389 e. The van der Waals surface area contributed by atoms with Crippen molar-refractivity contribution in [2.45, 2.75) is 19.9 Å². The van der Waals surface area contributed by atoms with E-state index in [2.05, 4.69) is 52.4 Å². The second-order valence-corrected chi connectivity index (χ2v) is 5.88. The fraction of sp³-hybridized carbons (Fsp3) is 0.188. The number of hydrogen-bond acceptors (Lipinski definition) is 2. The lowest BCUT2D eigenvalue weighted by Crippen LogP contribution is -2.10. The maximum atomic E-state index is 5.64. The predicted molar refractivity (Wildman–Crippen MR) is 93.2 cm³/mol. The maximum Gasteiger partial charge on any atom is 0.105 e. The summed E-state index contributed by atoms with van der Waals surface area (Å²) in [5, 5.41) is 3.39. The Morgan fingerprint density at radius 3 is 2.35 bits per heavy atom. The molecule has 0 aliphatic carbocycles. The molecule has 0 heterocycles. The molecule has 0 saturated carbocycles. The van der Waals surface area contributed by atoms with E-state index in [-0.39, 0.29) is 0 Å². The first-order valence-electron chi connectivity index (χ1n) is 6.51. The van der Waals surface area contributed by atoms with Crippen molar-refractivity contribution in [2.75, 3.05) is 5.32 Å². The molecular formula is C16H17BrN2S. The van der Waals surface area contributed by atoms with Gasteiger partial charge in [-0.25, -0.2) is 0 Å². The smallest absolute Gasteiger partial charge is 0.105 e. The molecule has 3 N–H and O–H groups in total. The van der Waals surface area contributed by atoms with Gasteiger partial charge in [0.1, 0.15) is 4.99 Å². The standard InChI is InChI=1S/C16H17BrN2S/c1-2-11-3-5-12(6-4-11)10-19-13-7-8-14(16(18)20)15(17)9-13/h3-9,19H,2,10H2,1H3,(H2,18,20). The van der Waals surface area contributed by atoms with Gasteiger partial charge in [-0.1, -0.05) is 43.4 Å². The van der Waals surface area contributed by atoms with Crippen molar-refractivity contribution >= 4 is 38.8 Å². The van der Waals surface area contributed by atoms with Gasteiger partial charge in [-0.3, -0.25) is 0 Å². The van der Waals surface area contributed by atoms with Crippen LogP contribution in [0.4, 0.5) is 5.69 Å². The van der Waals surface area contributed by atoms with Gasteiger partial charge in [-0.15, -0.1) is 0 Å². The number of thiocarbonyl (C=S) groups is 1. The second-order valence-electron chi connectivity index (χ2n) is 4.58. The van der Waals surface area contributed by atoms with Crippen LogP contribution < -0.4 is 11.1 Å². The van der Waals surface area contributed by atoms with Crippen molar-refractivity contribution in [3.8, 4) is 0 Å². The predicted octanol–water partition coefficient (Wildman–Crippen LogP) is 4.26. The number of benzene rings is 2. The molecule has 0 saturated heterocycles. The van der Waals surface area contributed by atoms with Gasteiger partial charge in [0.2, 0.25) is 0 Å². The Bertz CT molecular complexity index is 608. The van der Waals surface area contributed by atoms with Gasteiger partial charge >= 0.3 is 0 Å². The van der Waals surface area contributed by atoms with Crippen LogP contribution in [0.2, 0.25) is 0 Å². The Morgan fingerprint density at radius 1 is 1.15 bits per heavy atom. The summed E-state index contributed by atoms with van der Waals surface area (Å²) < 4.78 is 0.913. The average Bonchev–Trinajstić information content (AvgIpc) is 2.45. The first-order valence-corrected chi connectivity index (χ1v) is 7.71. The number of nitrogens with one attached hydrogen (secondary N) is 1. The average molecular weight is 349 g/mol. The fourth-order valence-corrected chi connectivity index (χ4v) is 2.82. The highest BCUT2D eigenvalue weighted by molar-refractivity contribution is 9.10. The SMILES string of the molecule is CCc1ccc(CNc2ccc(C(N)=S)c(Br)c2)cc1. The summed E-state index contributed by atoms with van der Waals surface area (Å²) in [4.78, 5) is 0.401. The van der Waals surface area contributed by atoms with Crippen LogP contribution in [0.3, 0.4) is 0 Å². The highest BCUT2D eigenvalue weighted by Gasteiger charge is 2.03. The molecular weight excluding hydrogens is 332 g/mol. The molecule has 20 heavy (non-hydrogen) atoms. The Balaban J connectivity index is 2.03. The zero-order chi connectivity index (χ0) is 14.5. The van der Waals surface area contributed by atoms with Gasteiger partial charge in [-0.2, -0.15) is 0 Å². The van der Waals surface area contributed by atoms with Crippen LogP contribution in [0, 0.1) is 0 Å². The van der Waals surface area contributed by atoms with E-state index in [0.29, 0.717) is 4.99 Å². The molecule has 4 heteroatoms. The topological polar surface area (TPSA) is 38.0 Å². The zero-order valence-electron chi connectivity index (χ0n) is 11.3. The molecule has 0 aromatic heterocycles. The van der Waals surface area contributed by atoms with Crippen molar-refractivity contribution in [3.63, 3.8) is 0 Å². The second kappa shape index (κ2) is 6.86. The summed E-state index contributed by atoms with van der Waals surface area (Å²) in [5.41, 5.74) is 10.2. The van der Waals surface area contributed by atoms with Gasteiger partial charge < -0.3 is 11.1 Å². The summed E-state index contributed by atoms with van der Waals surface area (Å²) in [6.45, 7) is 2.96. The third kappa shape index (κ3) is 3.81. The van der Waals surface area contributed by atoms with Crippen LogP contribution in [0.25, 0.3) is 0 Å². The van der Waals surface area contributed by atoms with Crippen LogP contribution >= 0.6 is 28.1 Å². The van der Waals surface area contributed by atoms with Crippen LogP contribution in [0.1, 0.15) is 23.6 Å². The van der Waals surface area contributed by atoms with Gasteiger partial charge in [0.25, 0.3) is 0 Å². The van der Waals surface area contributed by atoms with E-state index in [9.17, 15) is 0 Å². The summed E-state index contributed by atoms with van der Waals surface area (Å²) in [7, 11) is 0. The van der Waals surface area contributed by atoms with E-state index >= 15 is 0 Å². The molecule has 0 spiro atoms. The van der Waals surface area contributed by atoms with E-state index in [4.69, 9.17) is 18.0 Å². The summed E-state index contributed by atoms with van der Waals surface area (Å²) in [5.74, 6) is 0. The van der Waals surface area contributed by atoms with Crippen LogP contribution in [0.15, 0.2) is 46.9 Å². The maximum absolute atomic E-state index is 5.64. The molecule has 0 bridgehead atoms. The number of anilines is 1. The number of aryl methyl sites for hydroxylation is 1. The third-order valence-electron chi connectivity index (χ3n) is 3.16. The first kappa shape index (κ1) is 15.0. The lowest BCUT2D eigenvalue weighted by atomic mass is 10.1. The Morgan fingerprint density at radius 2 is 1.80 bits per heavy atom. The molecule has 2 aromatic rings. The normalized spacial score (nSPS) is 10.3. The van der Waals surface area contributed by atoms with Gasteiger partial charge in [-0.05, 0) is 51.7 Å². The molecule has 2 rings (SSSR count). The van der Waals surface area contributed by atoms with Crippen molar-refractivity contribution < 1.29 is 0 Å². The molecule has 2 aromatic carbocycles. The lowest BCUT2D eigenvalue weighted by Gasteiger charge is -2.09. The summed E-state index contributed by atoms with van der Waals surface area (Å²) in [6, 6.07) is 14.6. The van der Waals surface area contributed by atoms with Crippen LogP contribution in [-0.2, 0) is 13.0 Å². The van der Waals surface area contributed by atoms with Crippen molar-refractivity contribution in [3.05, 3.63) is 63.6 Å². The van der Waals surface area contributed by atoms with E-state index in [0.717, 1.165) is 28.7 Å². The summed E-state index contributed by atoms with van der Waals surface area (Å²) in [6.07, 6.45) is 1.07. The third-order valence-corrected chi connectivity index (χ3v) is 4.04. The molecule has 0 atom stereocenters. The van der Waals surface area contributed by atoms with E-state index in [1.54, 1.807) is 0 Å². The van der Waals surface area contributed by atoms with E-state index in [1.807, 2.05) is 18.2 Å². The van der Waals surface area contributed by atoms with Crippen LogP contribution in [0.5, 0.6) is 0 Å². The summed E-state index contributed by atoms with van der Waals surface area (Å²) >= 11 is 8.47. The Kier molecular flexibility index (Phi) is 5.15. The number of halogens is 1. The molecule has 0 amide bonds. The molecule has 0 aliphatic rings. The number of rotatable bonds is 5. The van der Waals surface area contributed by atoms with E-state index < -0.39 is 0 Å². The van der Waals surface area contributed by atoms with Gasteiger partial charge in [0, 0.05) is 22.3 Å². The quantitative estimate of drug-likeness (QED) is 0.793. The number of nitrogens with two attached hydrogens (primary N) is 1. The highest BCUT2D eigenvalue weighted by atomic mass is 79.9. The molecule has 0 radical (unpaired) electrons. The van der Waals surface area contributed by atoms with Gasteiger partial charge in [0.05, 0.1) is 0 Å². The zero-order valence-corrected chi connectivity index (χ0v) is 13.7. The number of hydrogen-bond donors (Lipinski definition) is 2. The van der Waals surface area contributed by atoms with E-state index in [1.165, 1.54) is 11.1 Å². The van der Waals surface area contributed by atoms with Crippen LogP contribution in [-0.4, -0.2) is 4.99 Å². The molecule has 0 unspecified atom stereocenters. The lowest BCUT2D eigenvalue weighted by molar-refractivity contribution is 1.11. The highest BCUT2D eigenvalue weighted by Crippen LogP contribution is 2.22. The van der Waals surface area contributed by atoms with Crippen molar-refractivity contribution in [2.24, 2.45) is 5.73 Å². The minimum absolute atomic E-state index is 0.401. The van der Waals surface area contributed by atoms with Crippen molar-refractivity contribution in [1.29, 1.82) is 0 Å². The first-order chi connectivity index (χ1) is 9.60. The monoisotopic (exact) mass is 348 g/mol. The molecule has 0 aliphatic heterocycles. The minimum atomic E-state index is 0.401. The molecule has 2 nitrogen and oxygen atoms in total. The Hall–Kier alpha value is -1.39. The molecule has 104 valence electrons. The largest absolute Gasteiger partial charge is 0.389 e. The fourth-order valence-electron chi connectivity index (χ4n) is 1.92. The van der Waals surface area contributed by atoms with Crippen molar-refractivity contribution in [1.82, 2.24) is 0 Å².